The first-order chi connectivity index (χ1) is 12.7. The van der Waals surface area contributed by atoms with Gasteiger partial charge in [0.2, 0.25) is 10.0 Å². The molecular formula is C18H17FN2O5S. The van der Waals surface area contributed by atoms with E-state index < -0.39 is 34.3 Å². The zero-order valence-corrected chi connectivity index (χ0v) is 15.3. The van der Waals surface area contributed by atoms with Gasteiger partial charge in [0.05, 0.1) is 10.5 Å². The number of aryl methyl sites for hydroxylation is 1. The van der Waals surface area contributed by atoms with E-state index in [1.807, 2.05) is 0 Å². The van der Waals surface area contributed by atoms with Crippen LogP contribution < -0.4 is 10.0 Å². The topological polar surface area (TPSA) is 107 Å². The van der Waals surface area contributed by atoms with Crippen molar-refractivity contribution in [3.05, 3.63) is 58.9 Å². The van der Waals surface area contributed by atoms with Gasteiger partial charge in [-0.1, -0.05) is 6.07 Å². The normalized spacial score (nSPS) is 13.4. The summed E-state index contributed by atoms with van der Waals surface area (Å²) in [5, 5.41) is 5.11. The van der Waals surface area contributed by atoms with Crippen LogP contribution in [0.5, 0.6) is 0 Å². The van der Waals surface area contributed by atoms with Gasteiger partial charge in [0.15, 0.2) is 6.61 Å². The number of carbonyl (C=O) groups excluding carboxylic acids is 2. The van der Waals surface area contributed by atoms with E-state index in [9.17, 15) is 22.4 Å². The molecule has 2 aromatic rings. The van der Waals surface area contributed by atoms with E-state index in [0.717, 1.165) is 6.07 Å². The Bertz CT molecular complexity index is 1040. The number of hydrogen-bond donors (Lipinski definition) is 1. The molecule has 0 saturated carbocycles. The number of halogens is 1. The van der Waals surface area contributed by atoms with Gasteiger partial charge in [-0.15, -0.1) is 0 Å². The summed E-state index contributed by atoms with van der Waals surface area (Å²) in [6.07, 6.45) is 0.460. The highest BCUT2D eigenvalue weighted by Crippen LogP contribution is 2.30. The van der Waals surface area contributed by atoms with Crippen LogP contribution in [0.2, 0.25) is 0 Å². The Morgan fingerprint density at radius 2 is 1.96 bits per heavy atom. The van der Waals surface area contributed by atoms with E-state index in [1.54, 1.807) is 6.92 Å². The van der Waals surface area contributed by atoms with Crippen LogP contribution >= 0.6 is 0 Å². The largest absolute Gasteiger partial charge is 0.452 e. The Morgan fingerprint density at radius 3 is 2.67 bits per heavy atom. The number of benzene rings is 2. The average Bonchev–Trinajstić information content (AvgIpc) is 3.04. The van der Waals surface area contributed by atoms with Gasteiger partial charge < -0.3 is 9.64 Å². The van der Waals surface area contributed by atoms with Crippen LogP contribution in [0.4, 0.5) is 10.1 Å². The Labute approximate surface area is 155 Å². The second-order valence-electron chi connectivity index (χ2n) is 6.17. The van der Waals surface area contributed by atoms with Crippen LogP contribution in [0.3, 0.4) is 0 Å². The van der Waals surface area contributed by atoms with Crippen molar-refractivity contribution >= 4 is 27.6 Å². The minimum Gasteiger partial charge on any atom is -0.452 e. The average molecular weight is 392 g/mol. The summed E-state index contributed by atoms with van der Waals surface area (Å²) in [7, 11) is -3.83. The highest BCUT2D eigenvalue weighted by atomic mass is 32.2. The highest BCUT2D eigenvalue weighted by Gasteiger charge is 2.27. The van der Waals surface area contributed by atoms with Gasteiger partial charge in [0.1, 0.15) is 5.82 Å². The number of sulfonamides is 1. The quantitative estimate of drug-likeness (QED) is 0.794. The Balaban J connectivity index is 1.70. The summed E-state index contributed by atoms with van der Waals surface area (Å²) in [4.78, 5) is 25.9. The van der Waals surface area contributed by atoms with Gasteiger partial charge in [0.25, 0.3) is 5.91 Å². The molecular weight excluding hydrogens is 375 g/mol. The lowest BCUT2D eigenvalue weighted by atomic mass is 10.1. The first-order valence-electron chi connectivity index (χ1n) is 8.06. The predicted molar refractivity (Wildman–Crippen MR) is 95.3 cm³/mol. The van der Waals surface area contributed by atoms with Crippen molar-refractivity contribution < 1.29 is 27.1 Å². The van der Waals surface area contributed by atoms with Crippen molar-refractivity contribution in [2.75, 3.05) is 18.1 Å². The molecule has 7 nitrogen and oxygen atoms in total. The van der Waals surface area contributed by atoms with Crippen molar-refractivity contribution in [2.45, 2.75) is 18.2 Å². The third kappa shape index (κ3) is 3.99. The third-order valence-corrected chi connectivity index (χ3v) is 5.23. The maximum absolute atomic E-state index is 13.3. The van der Waals surface area contributed by atoms with E-state index in [0.29, 0.717) is 29.8 Å². The fourth-order valence-corrected chi connectivity index (χ4v) is 3.48. The fourth-order valence-electron chi connectivity index (χ4n) is 2.91. The molecule has 0 saturated heterocycles. The van der Waals surface area contributed by atoms with Crippen LogP contribution in [-0.2, 0) is 26.0 Å². The molecule has 1 aliphatic rings. The van der Waals surface area contributed by atoms with E-state index in [-0.39, 0.29) is 10.5 Å². The summed E-state index contributed by atoms with van der Waals surface area (Å²) in [5.41, 5.74) is 1.81. The number of rotatable bonds is 4. The van der Waals surface area contributed by atoms with Crippen LogP contribution in [-0.4, -0.2) is 33.4 Å². The lowest BCUT2D eigenvalue weighted by molar-refractivity contribution is -0.121. The zero-order valence-electron chi connectivity index (χ0n) is 14.4. The summed E-state index contributed by atoms with van der Waals surface area (Å²) < 4.78 is 41.2. The van der Waals surface area contributed by atoms with Crippen molar-refractivity contribution in [1.82, 2.24) is 0 Å². The van der Waals surface area contributed by atoms with E-state index in [4.69, 9.17) is 9.88 Å². The molecule has 1 amide bonds. The van der Waals surface area contributed by atoms with E-state index in [1.165, 1.54) is 35.2 Å². The second-order valence-corrected chi connectivity index (χ2v) is 7.73. The molecule has 0 radical (unpaired) electrons. The molecule has 142 valence electrons. The number of primary sulfonamides is 1. The smallest absolute Gasteiger partial charge is 0.339 e. The van der Waals surface area contributed by atoms with Gasteiger partial charge in [-0.25, -0.2) is 22.7 Å². The summed E-state index contributed by atoms with van der Waals surface area (Å²) in [6, 6.07) is 7.99. The molecule has 0 unspecified atom stereocenters. The number of anilines is 1. The summed E-state index contributed by atoms with van der Waals surface area (Å²) >= 11 is 0. The maximum Gasteiger partial charge on any atom is 0.339 e. The standard InChI is InChI=1S/C18H17FN2O5S/c1-11-2-3-13(19)9-15(11)18(23)26-10-17(22)21-7-6-12-8-14(27(20,24)25)4-5-16(12)21/h2-5,8-9H,6-7,10H2,1H3,(H2,20,24,25). The molecule has 3 rings (SSSR count). The zero-order chi connectivity index (χ0) is 19.8. The monoisotopic (exact) mass is 392 g/mol. The minimum atomic E-state index is -3.83. The number of ether oxygens (including phenoxy) is 1. The Morgan fingerprint density at radius 1 is 1.22 bits per heavy atom. The van der Waals surface area contributed by atoms with Crippen molar-refractivity contribution in [2.24, 2.45) is 5.14 Å². The van der Waals surface area contributed by atoms with Crippen LogP contribution in [0.25, 0.3) is 0 Å². The molecule has 27 heavy (non-hydrogen) atoms. The summed E-state index contributed by atoms with van der Waals surface area (Å²) in [5.74, 6) is -1.82. The third-order valence-electron chi connectivity index (χ3n) is 4.32. The SMILES string of the molecule is Cc1ccc(F)cc1C(=O)OCC(=O)N1CCc2cc(S(N)(=O)=O)ccc21. The van der Waals surface area contributed by atoms with Gasteiger partial charge in [-0.3, -0.25) is 4.79 Å². The molecule has 0 aliphatic carbocycles. The van der Waals surface area contributed by atoms with Crippen molar-refractivity contribution in [3.8, 4) is 0 Å². The van der Waals surface area contributed by atoms with E-state index >= 15 is 0 Å². The highest BCUT2D eigenvalue weighted by molar-refractivity contribution is 7.89. The van der Waals surface area contributed by atoms with Crippen LogP contribution in [0.15, 0.2) is 41.3 Å². The van der Waals surface area contributed by atoms with Gasteiger partial charge in [-0.2, -0.15) is 0 Å². The van der Waals surface area contributed by atoms with Crippen molar-refractivity contribution in [1.29, 1.82) is 0 Å². The molecule has 2 aromatic carbocycles. The summed E-state index contributed by atoms with van der Waals surface area (Å²) in [6.45, 7) is 1.46. The minimum absolute atomic E-state index is 0.0245. The first kappa shape index (κ1) is 19.0. The van der Waals surface area contributed by atoms with Crippen molar-refractivity contribution in [3.63, 3.8) is 0 Å². The molecule has 0 fully saturated rings. The lowest BCUT2D eigenvalue weighted by Gasteiger charge is -2.17. The number of carbonyl (C=O) groups is 2. The number of nitrogens with two attached hydrogens (primary N) is 1. The number of nitrogens with zero attached hydrogens (tertiary/aromatic N) is 1. The Hall–Kier alpha value is -2.78. The number of amides is 1. The van der Waals surface area contributed by atoms with Crippen LogP contribution in [0.1, 0.15) is 21.5 Å². The number of fused-ring (bicyclic) bond motifs is 1. The number of hydrogen-bond acceptors (Lipinski definition) is 5. The molecule has 0 spiro atoms. The Kier molecular flexibility index (Phi) is 4.99. The molecule has 2 N–H and O–H groups in total. The maximum atomic E-state index is 13.3. The second kappa shape index (κ2) is 7.09. The van der Waals surface area contributed by atoms with Crippen LogP contribution in [0, 0.1) is 12.7 Å². The van der Waals surface area contributed by atoms with Gasteiger partial charge in [0, 0.05) is 12.2 Å². The fraction of sp³-hybridized carbons (Fsp3) is 0.222. The lowest BCUT2D eigenvalue weighted by Crippen LogP contribution is -2.33. The van der Waals surface area contributed by atoms with Gasteiger partial charge in [-0.05, 0) is 54.8 Å². The molecule has 1 aliphatic heterocycles. The molecule has 0 bridgehead atoms. The first-order valence-corrected chi connectivity index (χ1v) is 9.61. The molecule has 0 aromatic heterocycles. The van der Waals surface area contributed by atoms with E-state index in [2.05, 4.69) is 0 Å². The molecule has 9 heteroatoms. The number of esters is 1. The molecule has 0 atom stereocenters. The van der Waals surface area contributed by atoms with Gasteiger partial charge >= 0.3 is 5.97 Å². The predicted octanol–water partition coefficient (Wildman–Crippen LogP) is 1.53. The molecule has 1 heterocycles.